The maximum Gasteiger partial charge on any atom is 0.0901 e. The van der Waals surface area contributed by atoms with Gasteiger partial charge in [-0.15, -0.1) is 0 Å². The molecule has 0 amide bonds. The van der Waals surface area contributed by atoms with Gasteiger partial charge in [0, 0.05) is 17.5 Å². The van der Waals surface area contributed by atoms with Gasteiger partial charge in [0.2, 0.25) is 0 Å². The number of rotatable bonds is 1. The van der Waals surface area contributed by atoms with E-state index < -0.39 is 0 Å². The number of anilines is 1. The molecule has 1 aliphatic heterocycles. The molecule has 0 radical (unpaired) electrons. The Balaban J connectivity index is 2.43. The number of nitrogens with one attached hydrogen (secondary N) is 1. The summed E-state index contributed by atoms with van der Waals surface area (Å²) in [5.41, 5.74) is 3.28. The largest absolute Gasteiger partial charge is 0.308 e. The van der Waals surface area contributed by atoms with Crippen LogP contribution in [0.3, 0.4) is 0 Å². The fourth-order valence-corrected chi connectivity index (χ4v) is 1.64. The highest BCUT2D eigenvalue weighted by molar-refractivity contribution is 7.99. The van der Waals surface area contributed by atoms with Gasteiger partial charge in [0.05, 0.1) is 24.0 Å². The van der Waals surface area contributed by atoms with Gasteiger partial charge in [-0.2, -0.15) is 0 Å². The van der Waals surface area contributed by atoms with Crippen LogP contribution in [0, 0.1) is 0 Å². The van der Waals surface area contributed by atoms with Gasteiger partial charge in [-0.25, -0.2) is 4.40 Å². The Bertz CT molecular complexity index is 347. The van der Waals surface area contributed by atoms with E-state index in [0.29, 0.717) is 5.92 Å². The molecule has 2 rings (SSSR count). The summed E-state index contributed by atoms with van der Waals surface area (Å²) in [4.78, 5) is 4.35. The molecular formula is C9H11N3S. The fraction of sp³-hybridized carbons (Fsp3) is 0.333. The first-order valence-electron chi connectivity index (χ1n) is 4.22. The van der Waals surface area contributed by atoms with E-state index >= 15 is 0 Å². The van der Waals surface area contributed by atoms with Crippen molar-refractivity contribution in [3.63, 3.8) is 0 Å². The Morgan fingerprint density at radius 3 is 3.08 bits per heavy atom. The lowest BCUT2D eigenvalue weighted by Crippen LogP contribution is -2.01. The molecule has 2 heterocycles. The average Bonchev–Trinajstić information content (AvgIpc) is 2.17. The maximum absolute atomic E-state index is 4.35. The molecule has 0 atom stereocenters. The highest BCUT2D eigenvalue weighted by Gasteiger charge is 2.08. The lowest BCUT2D eigenvalue weighted by molar-refractivity contribution is 0.823. The van der Waals surface area contributed by atoms with Crippen LogP contribution in [-0.4, -0.2) is 11.2 Å². The van der Waals surface area contributed by atoms with E-state index in [2.05, 4.69) is 34.0 Å². The summed E-state index contributed by atoms with van der Waals surface area (Å²) in [6.45, 7) is 4.27. The summed E-state index contributed by atoms with van der Waals surface area (Å²) in [7, 11) is 0. The van der Waals surface area contributed by atoms with Crippen molar-refractivity contribution in [2.24, 2.45) is 4.40 Å². The summed E-state index contributed by atoms with van der Waals surface area (Å²) in [6, 6.07) is 2.08. The van der Waals surface area contributed by atoms with Crippen LogP contribution in [0.25, 0.3) is 0 Å². The molecule has 1 aromatic heterocycles. The van der Waals surface area contributed by atoms with Crippen molar-refractivity contribution < 1.29 is 0 Å². The zero-order valence-corrected chi connectivity index (χ0v) is 8.43. The van der Waals surface area contributed by atoms with E-state index in [1.54, 1.807) is 0 Å². The lowest BCUT2D eigenvalue weighted by Gasteiger charge is -2.12. The summed E-state index contributed by atoms with van der Waals surface area (Å²) < 4.78 is 7.16. The molecule has 3 nitrogen and oxygen atoms in total. The Hall–Kier alpha value is -1.03. The smallest absolute Gasteiger partial charge is 0.0901 e. The standard InChI is InChI=1S/C9H11N3S/c1-6(2)8-3-7-4-11-13-12-9(7)5-10-8/h3-6,12H,1-2H3. The van der Waals surface area contributed by atoms with Crippen LogP contribution in [0.15, 0.2) is 16.7 Å². The van der Waals surface area contributed by atoms with Crippen molar-refractivity contribution in [2.45, 2.75) is 19.8 Å². The second kappa shape index (κ2) is 3.38. The third kappa shape index (κ3) is 1.67. The number of pyridine rings is 1. The summed E-state index contributed by atoms with van der Waals surface area (Å²) in [5.74, 6) is 0.466. The minimum absolute atomic E-state index is 0.466. The summed E-state index contributed by atoms with van der Waals surface area (Å²) >= 11 is 1.33. The first-order chi connectivity index (χ1) is 6.27. The average molecular weight is 193 g/mol. The zero-order chi connectivity index (χ0) is 9.26. The quantitative estimate of drug-likeness (QED) is 0.697. The number of aromatic nitrogens is 1. The Labute approximate surface area is 81.9 Å². The third-order valence-electron chi connectivity index (χ3n) is 1.95. The molecule has 0 spiro atoms. The zero-order valence-electron chi connectivity index (χ0n) is 7.61. The monoisotopic (exact) mass is 193 g/mol. The topological polar surface area (TPSA) is 37.3 Å². The maximum atomic E-state index is 4.35. The Morgan fingerprint density at radius 1 is 1.46 bits per heavy atom. The van der Waals surface area contributed by atoms with E-state index in [1.807, 2.05) is 12.4 Å². The molecular weight excluding hydrogens is 182 g/mol. The second-order valence-corrected chi connectivity index (χ2v) is 3.88. The molecule has 0 saturated heterocycles. The Morgan fingerprint density at radius 2 is 2.31 bits per heavy atom. The minimum Gasteiger partial charge on any atom is -0.308 e. The molecule has 0 aromatic carbocycles. The van der Waals surface area contributed by atoms with Crippen molar-refractivity contribution in [2.75, 3.05) is 4.72 Å². The normalized spacial score (nSPS) is 14.1. The lowest BCUT2D eigenvalue weighted by atomic mass is 10.1. The van der Waals surface area contributed by atoms with Crippen LogP contribution >= 0.6 is 12.1 Å². The summed E-state index contributed by atoms with van der Waals surface area (Å²) in [5, 5.41) is 0. The van der Waals surface area contributed by atoms with Crippen molar-refractivity contribution in [1.29, 1.82) is 0 Å². The van der Waals surface area contributed by atoms with Gasteiger partial charge in [0.15, 0.2) is 0 Å². The molecule has 0 bridgehead atoms. The van der Waals surface area contributed by atoms with Crippen LogP contribution < -0.4 is 4.72 Å². The predicted molar refractivity (Wildman–Crippen MR) is 57.1 cm³/mol. The number of hydrogen-bond donors (Lipinski definition) is 1. The number of hydrogen-bond acceptors (Lipinski definition) is 4. The van der Waals surface area contributed by atoms with Crippen LogP contribution in [0.5, 0.6) is 0 Å². The first kappa shape index (κ1) is 8.56. The van der Waals surface area contributed by atoms with E-state index in [-0.39, 0.29) is 0 Å². The van der Waals surface area contributed by atoms with Crippen molar-refractivity contribution >= 4 is 24.0 Å². The molecule has 13 heavy (non-hydrogen) atoms. The molecule has 0 aliphatic carbocycles. The van der Waals surface area contributed by atoms with E-state index in [4.69, 9.17) is 0 Å². The van der Waals surface area contributed by atoms with Gasteiger partial charge in [0.25, 0.3) is 0 Å². The molecule has 4 heteroatoms. The van der Waals surface area contributed by atoms with Crippen LogP contribution in [0.4, 0.5) is 5.69 Å². The molecule has 68 valence electrons. The van der Waals surface area contributed by atoms with Gasteiger partial charge >= 0.3 is 0 Å². The second-order valence-electron chi connectivity index (χ2n) is 3.28. The molecule has 1 aromatic rings. The van der Waals surface area contributed by atoms with E-state index in [0.717, 1.165) is 16.9 Å². The van der Waals surface area contributed by atoms with Gasteiger partial charge < -0.3 is 4.72 Å². The van der Waals surface area contributed by atoms with Crippen LogP contribution in [0.1, 0.15) is 31.0 Å². The molecule has 1 N–H and O–H groups in total. The van der Waals surface area contributed by atoms with Gasteiger partial charge in [-0.1, -0.05) is 13.8 Å². The van der Waals surface area contributed by atoms with Crippen LogP contribution in [-0.2, 0) is 0 Å². The van der Waals surface area contributed by atoms with Crippen LogP contribution in [0.2, 0.25) is 0 Å². The van der Waals surface area contributed by atoms with E-state index in [9.17, 15) is 0 Å². The number of fused-ring (bicyclic) bond motifs is 1. The fourth-order valence-electron chi connectivity index (χ4n) is 1.15. The van der Waals surface area contributed by atoms with E-state index in [1.165, 1.54) is 12.1 Å². The van der Waals surface area contributed by atoms with Crippen molar-refractivity contribution in [1.82, 2.24) is 4.98 Å². The van der Waals surface area contributed by atoms with Gasteiger partial charge in [-0.3, -0.25) is 4.98 Å². The number of nitrogens with zero attached hydrogens (tertiary/aromatic N) is 2. The molecule has 0 unspecified atom stereocenters. The minimum atomic E-state index is 0.466. The Kier molecular flexibility index (Phi) is 2.22. The third-order valence-corrected chi connectivity index (χ3v) is 2.47. The molecule has 0 fully saturated rings. The molecule has 0 saturated carbocycles. The first-order valence-corrected chi connectivity index (χ1v) is 5.00. The highest BCUT2D eigenvalue weighted by atomic mass is 32.2. The predicted octanol–water partition coefficient (Wildman–Crippen LogP) is 2.61. The van der Waals surface area contributed by atoms with Crippen molar-refractivity contribution in [3.8, 4) is 0 Å². The summed E-state index contributed by atoms with van der Waals surface area (Å²) in [6.07, 6.45) is 3.73. The highest BCUT2D eigenvalue weighted by Crippen LogP contribution is 2.24. The van der Waals surface area contributed by atoms with Gasteiger partial charge in [0.1, 0.15) is 0 Å². The SMILES string of the molecule is CC(C)c1cc2c(cn1)NSN=C2. The molecule has 1 aliphatic rings. The van der Waals surface area contributed by atoms with Crippen molar-refractivity contribution in [3.05, 3.63) is 23.5 Å². The van der Waals surface area contributed by atoms with Gasteiger partial charge in [-0.05, 0) is 12.0 Å².